The summed E-state index contributed by atoms with van der Waals surface area (Å²) in [6.45, 7) is 3.11. The molecule has 0 atom stereocenters. The van der Waals surface area contributed by atoms with E-state index in [2.05, 4.69) is 25.9 Å². The Balaban J connectivity index is 0.00000341. The van der Waals surface area contributed by atoms with Crippen LogP contribution in [0.25, 0.3) is 10.9 Å². The number of hydrogen-bond acceptors (Lipinski definition) is 3. The monoisotopic (exact) mass is 539 g/mol. The third kappa shape index (κ3) is 7.42. The highest BCUT2D eigenvalue weighted by Gasteiger charge is 2.05. The van der Waals surface area contributed by atoms with Crippen molar-refractivity contribution >= 4 is 52.4 Å². The average Bonchev–Trinajstić information content (AvgIpc) is 3.11. The molecule has 3 rings (SSSR count). The highest BCUT2D eigenvalue weighted by atomic mass is 127. The van der Waals surface area contributed by atoms with E-state index in [1.54, 1.807) is 31.3 Å². The number of aliphatic imine (C=N–C) groups is 1. The van der Waals surface area contributed by atoms with Crippen LogP contribution in [0.2, 0.25) is 0 Å². The van der Waals surface area contributed by atoms with Crippen LogP contribution in [0, 0.1) is 5.82 Å². The van der Waals surface area contributed by atoms with Gasteiger partial charge in [-0.1, -0.05) is 6.07 Å². The van der Waals surface area contributed by atoms with E-state index < -0.39 is 0 Å². The number of guanidine groups is 1. The van der Waals surface area contributed by atoms with Crippen molar-refractivity contribution < 1.29 is 13.9 Å². The molecule has 0 saturated carbocycles. The number of ether oxygens (including phenoxy) is 1. The van der Waals surface area contributed by atoms with E-state index >= 15 is 0 Å². The molecule has 0 radical (unpaired) electrons. The van der Waals surface area contributed by atoms with Crippen molar-refractivity contribution in [1.82, 2.24) is 15.6 Å². The second-order valence-corrected chi connectivity index (χ2v) is 6.74. The number of carbonyl (C=O) groups excluding carboxylic acids is 1. The molecule has 2 aromatic carbocycles. The minimum Gasteiger partial charge on any atom is -0.492 e. The zero-order valence-corrected chi connectivity index (χ0v) is 19.8. The van der Waals surface area contributed by atoms with E-state index in [1.807, 2.05) is 18.3 Å². The molecule has 0 spiro atoms. The predicted octanol–water partition coefficient (Wildman–Crippen LogP) is 3.67. The quantitative estimate of drug-likeness (QED) is 0.152. The van der Waals surface area contributed by atoms with Gasteiger partial charge in [0.05, 0.1) is 6.54 Å². The first-order valence-electron chi connectivity index (χ1n) is 9.75. The van der Waals surface area contributed by atoms with E-state index in [0.717, 1.165) is 22.9 Å². The van der Waals surface area contributed by atoms with Crippen LogP contribution in [0.3, 0.4) is 0 Å². The third-order valence-electron chi connectivity index (χ3n) is 4.46. The molecule has 0 bridgehead atoms. The summed E-state index contributed by atoms with van der Waals surface area (Å²) >= 11 is 0. The van der Waals surface area contributed by atoms with Gasteiger partial charge in [-0.3, -0.25) is 9.79 Å². The molecule has 1 heterocycles. The van der Waals surface area contributed by atoms with Crippen LogP contribution in [-0.4, -0.2) is 43.6 Å². The molecule has 4 N–H and O–H groups in total. The van der Waals surface area contributed by atoms with Gasteiger partial charge in [0.25, 0.3) is 0 Å². The molecule has 0 fully saturated rings. The van der Waals surface area contributed by atoms with Gasteiger partial charge in [-0.2, -0.15) is 0 Å². The van der Waals surface area contributed by atoms with E-state index in [0.29, 0.717) is 37.1 Å². The fourth-order valence-corrected chi connectivity index (χ4v) is 3.10. The number of rotatable bonds is 8. The first-order valence-corrected chi connectivity index (χ1v) is 9.75. The summed E-state index contributed by atoms with van der Waals surface area (Å²) in [7, 11) is 1.70. The van der Waals surface area contributed by atoms with Gasteiger partial charge in [-0.05, 0) is 42.3 Å². The zero-order valence-electron chi connectivity index (χ0n) is 17.5. The Kier molecular flexibility index (Phi) is 9.57. The van der Waals surface area contributed by atoms with E-state index in [9.17, 15) is 9.18 Å². The van der Waals surface area contributed by atoms with Crippen molar-refractivity contribution in [2.45, 2.75) is 13.3 Å². The molecule has 0 unspecified atom stereocenters. The lowest BCUT2D eigenvalue weighted by atomic mass is 10.1. The Hall–Kier alpha value is -2.82. The lowest BCUT2D eigenvalue weighted by molar-refractivity contribution is -0.114. The average molecular weight is 539 g/mol. The van der Waals surface area contributed by atoms with E-state index in [-0.39, 0.29) is 35.7 Å². The second-order valence-electron chi connectivity index (χ2n) is 6.74. The maximum atomic E-state index is 13.5. The first kappa shape index (κ1) is 24.4. The van der Waals surface area contributed by atoms with Crippen LogP contribution < -0.4 is 20.7 Å². The molecule has 9 heteroatoms. The number of anilines is 1. The fourth-order valence-electron chi connectivity index (χ4n) is 3.10. The van der Waals surface area contributed by atoms with Gasteiger partial charge >= 0.3 is 0 Å². The summed E-state index contributed by atoms with van der Waals surface area (Å²) in [5, 5.41) is 10.1. The molecule has 1 amide bonds. The van der Waals surface area contributed by atoms with Crippen molar-refractivity contribution in [3.8, 4) is 5.75 Å². The Morgan fingerprint density at radius 3 is 2.74 bits per heavy atom. The summed E-state index contributed by atoms with van der Waals surface area (Å²) in [6.07, 6.45) is 2.64. The van der Waals surface area contributed by atoms with Gasteiger partial charge in [0.1, 0.15) is 18.2 Å². The normalized spacial score (nSPS) is 11.0. The van der Waals surface area contributed by atoms with Gasteiger partial charge in [-0.25, -0.2) is 4.39 Å². The van der Waals surface area contributed by atoms with Crippen LogP contribution in [0.4, 0.5) is 10.1 Å². The molecular formula is C22H27FIN5O2. The largest absolute Gasteiger partial charge is 0.492 e. The van der Waals surface area contributed by atoms with Gasteiger partial charge in [0, 0.05) is 49.4 Å². The van der Waals surface area contributed by atoms with Crippen LogP contribution in [-0.2, 0) is 11.2 Å². The Morgan fingerprint density at radius 1 is 1.16 bits per heavy atom. The number of halogens is 2. The molecule has 3 aromatic rings. The summed E-state index contributed by atoms with van der Waals surface area (Å²) in [5.41, 5.74) is 2.67. The first-order chi connectivity index (χ1) is 14.5. The molecule has 1 aromatic heterocycles. The Bertz CT molecular complexity index is 1040. The minimum atomic E-state index is -0.239. The lowest BCUT2D eigenvalue weighted by Gasteiger charge is -2.13. The summed E-state index contributed by atoms with van der Waals surface area (Å²) < 4.78 is 19.2. The van der Waals surface area contributed by atoms with Crippen molar-refractivity contribution in [2.24, 2.45) is 4.99 Å². The van der Waals surface area contributed by atoms with Crippen LogP contribution in [0.1, 0.15) is 12.5 Å². The van der Waals surface area contributed by atoms with Gasteiger partial charge in [0.15, 0.2) is 5.96 Å². The Labute approximate surface area is 197 Å². The molecule has 0 saturated heterocycles. The molecular weight excluding hydrogens is 512 g/mol. The van der Waals surface area contributed by atoms with Gasteiger partial charge < -0.3 is 25.7 Å². The zero-order chi connectivity index (χ0) is 21.3. The number of nitrogens with one attached hydrogen (secondary N) is 4. The van der Waals surface area contributed by atoms with Crippen molar-refractivity contribution in [2.75, 3.05) is 32.1 Å². The molecule has 7 nitrogen and oxygen atoms in total. The number of amides is 1. The van der Waals surface area contributed by atoms with Gasteiger partial charge in [0.2, 0.25) is 5.91 Å². The predicted molar refractivity (Wildman–Crippen MR) is 133 cm³/mol. The number of fused-ring (bicyclic) bond motifs is 1. The summed E-state index contributed by atoms with van der Waals surface area (Å²) in [5.74, 6) is 0.979. The molecule has 0 aliphatic rings. The van der Waals surface area contributed by atoms with E-state index in [4.69, 9.17) is 4.74 Å². The van der Waals surface area contributed by atoms with Crippen molar-refractivity contribution in [3.05, 3.63) is 60.0 Å². The van der Waals surface area contributed by atoms with Crippen molar-refractivity contribution in [1.29, 1.82) is 0 Å². The van der Waals surface area contributed by atoms with Crippen LogP contribution >= 0.6 is 24.0 Å². The Morgan fingerprint density at radius 2 is 1.97 bits per heavy atom. The summed E-state index contributed by atoms with van der Waals surface area (Å²) in [4.78, 5) is 18.5. The number of H-pyrrole nitrogens is 1. The maximum Gasteiger partial charge on any atom is 0.221 e. The molecule has 0 aliphatic carbocycles. The summed E-state index contributed by atoms with van der Waals surface area (Å²) in [6, 6.07) is 12.0. The standard InChI is InChI=1S/C22H26FN5O2.HI/c1-15(29)28-18-4-3-5-19(13-18)30-11-10-26-22(24-2)25-9-8-16-14-27-21-7-6-17(23)12-20(16)21;/h3-7,12-14,27H,8-11H2,1-2H3,(H,28,29)(H2,24,25,26);1H. The SMILES string of the molecule is CN=C(NCCOc1cccc(NC(C)=O)c1)NCCc1c[nH]c2ccc(F)cc12.I. The smallest absolute Gasteiger partial charge is 0.221 e. The number of benzene rings is 2. The third-order valence-corrected chi connectivity index (χ3v) is 4.46. The van der Waals surface area contributed by atoms with Gasteiger partial charge in [-0.15, -0.1) is 24.0 Å². The number of hydrogen-bond donors (Lipinski definition) is 4. The topological polar surface area (TPSA) is 90.5 Å². The molecule has 166 valence electrons. The number of aromatic nitrogens is 1. The number of carbonyl (C=O) groups is 1. The fraction of sp³-hybridized carbons (Fsp3) is 0.273. The maximum absolute atomic E-state index is 13.5. The minimum absolute atomic E-state index is 0. The number of nitrogens with zero attached hydrogens (tertiary/aromatic N) is 1. The van der Waals surface area contributed by atoms with Crippen LogP contribution in [0.5, 0.6) is 5.75 Å². The number of aromatic amines is 1. The van der Waals surface area contributed by atoms with Crippen LogP contribution in [0.15, 0.2) is 53.7 Å². The van der Waals surface area contributed by atoms with E-state index in [1.165, 1.54) is 13.0 Å². The molecule has 31 heavy (non-hydrogen) atoms. The lowest BCUT2D eigenvalue weighted by Crippen LogP contribution is -2.40. The highest BCUT2D eigenvalue weighted by Crippen LogP contribution is 2.19. The second kappa shape index (κ2) is 12.1. The van der Waals surface area contributed by atoms with Crippen molar-refractivity contribution in [3.63, 3.8) is 0 Å². The molecule has 0 aliphatic heterocycles. The highest BCUT2D eigenvalue weighted by molar-refractivity contribution is 14.0.